The maximum Gasteiger partial charge on any atom is 0.223 e. The molecule has 0 N–H and O–H groups in total. The van der Waals surface area contributed by atoms with E-state index in [2.05, 4.69) is 0 Å². The maximum absolute atomic E-state index is 11.9. The smallest absolute Gasteiger partial charge is 0.223 e. The summed E-state index contributed by atoms with van der Waals surface area (Å²) < 4.78 is 0. The fourth-order valence-corrected chi connectivity index (χ4v) is 2.57. The van der Waals surface area contributed by atoms with Crippen LogP contribution in [0, 0.1) is 11.3 Å². The minimum absolute atomic E-state index is 0.0329. The summed E-state index contributed by atoms with van der Waals surface area (Å²) in [5, 5.41) is 10.4. The van der Waals surface area contributed by atoms with Crippen molar-refractivity contribution >= 4 is 28.8 Å². The van der Waals surface area contributed by atoms with E-state index in [4.69, 9.17) is 5.26 Å². The zero-order valence-electron chi connectivity index (χ0n) is 12.9. The van der Waals surface area contributed by atoms with Crippen molar-refractivity contribution in [3.05, 3.63) is 22.4 Å². The first-order chi connectivity index (χ1) is 10.5. The van der Waals surface area contributed by atoms with E-state index in [0.717, 1.165) is 0 Å². The van der Waals surface area contributed by atoms with E-state index in [1.807, 2.05) is 11.4 Å². The maximum atomic E-state index is 11.9. The van der Waals surface area contributed by atoms with Crippen LogP contribution in [0.5, 0.6) is 0 Å². The molecule has 6 heteroatoms. The summed E-state index contributed by atoms with van der Waals surface area (Å²) in [4.78, 5) is 37.6. The molecule has 1 amide bonds. The van der Waals surface area contributed by atoms with Gasteiger partial charge >= 0.3 is 0 Å². The Morgan fingerprint density at radius 2 is 1.95 bits per heavy atom. The molecule has 0 bridgehead atoms. The molecule has 1 heterocycles. The Balaban J connectivity index is 2.29. The molecule has 0 spiro atoms. The number of Topliss-reactive ketones (excluding diaryl/α,β-unsaturated/α-hetero) is 2. The van der Waals surface area contributed by atoms with Crippen LogP contribution >= 0.6 is 11.3 Å². The van der Waals surface area contributed by atoms with Crippen LogP contribution in [0.3, 0.4) is 0 Å². The molecule has 1 rings (SSSR count). The number of nitriles is 1. The molecule has 0 aliphatic heterocycles. The Kier molecular flexibility index (Phi) is 7.47. The predicted octanol–water partition coefficient (Wildman–Crippen LogP) is 2.82. The van der Waals surface area contributed by atoms with E-state index in [9.17, 15) is 14.4 Å². The van der Waals surface area contributed by atoms with Gasteiger partial charge < -0.3 is 4.90 Å². The van der Waals surface area contributed by atoms with E-state index < -0.39 is 0 Å². The fraction of sp³-hybridized carbons (Fsp3) is 0.500. The zero-order chi connectivity index (χ0) is 16.5. The zero-order valence-corrected chi connectivity index (χ0v) is 13.7. The number of amides is 1. The Bertz CT molecular complexity index is 560. The van der Waals surface area contributed by atoms with Crippen LogP contribution in [-0.2, 0) is 9.59 Å². The van der Waals surface area contributed by atoms with Crippen molar-refractivity contribution in [1.29, 1.82) is 5.26 Å². The summed E-state index contributed by atoms with van der Waals surface area (Å²) in [6, 6.07) is 5.40. The van der Waals surface area contributed by atoms with E-state index in [1.165, 1.54) is 16.2 Å². The molecule has 1 unspecified atom stereocenters. The van der Waals surface area contributed by atoms with Crippen LogP contribution in [0.2, 0.25) is 0 Å². The number of hydrogen-bond donors (Lipinski definition) is 0. The summed E-state index contributed by atoms with van der Waals surface area (Å²) in [6.07, 6.45) is 0.889. The number of carbonyl (C=O) groups excluding carboxylic acids is 3. The lowest BCUT2D eigenvalue weighted by Crippen LogP contribution is -2.34. The second-order valence-corrected chi connectivity index (χ2v) is 6.10. The van der Waals surface area contributed by atoms with Gasteiger partial charge in [0, 0.05) is 38.8 Å². The van der Waals surface area contributed by atoms with Gasteiger partial charge in [-0.2, -0.15) is 5.26 Å². The molecule has 0 radical (unpaired) electrons. The van der Waals surface area contributed by atoms with Crippen LogP contribution in [0.1, 0.15) is 48.7 Å². The molecule has 1 aromatic rings. The SMILES string of the molecule is CC(CC#N)N(C)C(=O)CCC(=O)CCC(=O)c1cccs1. The van der Waals surface area contributed by atoms with Crippen molar-refractivity contribution in [1.82, 2.24) is 4.90 Å². The second kappa shape index (κ2) is 9.11. The first-order valence-corrected chi connectivity index (χ1v) is 8.04. The van der Waals surface area contributed by atoms with E-state index in [0.29, 0.717) is 4.88 Å². The van der Waals surface area contributed by atoms with Crippen molar-refractivity contribution in [2.75, 3.05) is 7.05 Å². The summed E-state index contributed by atoms with van der Waals surface area (Å²) in [5.41, 5.74) is 0. The molecule has 1 atom stereocenters. The van der Waals surface area contributed by atoms with Crippen molar-refractivity contribution in [2.24, 2.45) is 0 Å². The van der Waals surface area contributed by atoms with Crippen molar-refractivity contribution < 1.29 is 14.4 Å². The average Bonchev–Trinajstić information content (AvgIpc) is 3.04. The summed E-state index contributed by atoms with van der Waals surface area (Å²) in [7, 11) is 1.63. The first-order valence-electron chi connectivity index (χ1n) is 7.16. The number of ketones is 2. The lowest BCUT2D eigenvalue weighted by Gasteiger charge is -2.22. The van der Waals surface area contributed by atoms with Crippen LogP contribution in [0.15, 0.2) is 17.5 Å². The van der Waals surface area contributed by atoms with Gasteiger partial charge in [0.05, 0.1) is 17.4 Å². The average molecular weight is 320 g/mol. The molecular formula is C16H20N2O3S. The Morgan fingerprint density at radius 3 is 2.55 bits per heavy atom. The van der Waals surface area contributed by atoms with Gasteiger partial charge in [0.2, 0.25) is 5.91 Å². The lowest BCUT2D eigenvalue weighted by atomic mass is 10.1. The number of carbonyl (C=O) groups is 3. The highest BCUT2D eigenvalue weighted by molar-refractivity contribution is 7.12. The van der Waals surface area contributed by atoms with E-state index in [1.54, 1.807) is 26.1 Å². The third kappa shape index (κ3) is 5.78. The van der Waals surface area contributed by atoms with Gasteiger partial charge in [0.1, 0.15) is 5.78 Å². The van der Waals surface area contributed by atoms with Crippen LogP contribution in [0.25, 0.3) is 0 Å². The molecule has 118 valence electrons. The van der Waals surface area contributed by atoms with Gasteiger partial charge in [-0.3, -0.25) is 14.4 Å². The predicted molar refractivity (Wildman–Crippen MR) is 84.6 cm³/mol. The molecule has 5 nitrogen and oxygen atoms in total. The van der Waals surface area contributed by atoms with Crippen molar-refractivity contribution in [3.63, 3.8) is 0 Å². The van der Waals surface area contributed by atoms with Gasteiger partial charge in [0.15, 0.2) is 5.78 Å². The summed E-state index contributed by atoms with van der Waals surface area (Å²) in [6.45, 7) is 1.79. The second-order valence-electron chi connectivity index (χ2n) is 5.16. The number of rotatable bonds is 9. The fourth-order valence-electron chi connectivity index (χ4n) is 1.88. The molecule has 22 heavy (non-hydrogen) atoms. The molecule has 0 aliphatic rings. The van der Waals surface area contributed by atoms with E-state index >= 15 is 0 Å². The minimum Gasteiger partial charge on any atom is -0.342 e. The molecule has 0 saturated carbocycles. The first kappa shape index (κ1) is 18.1. The Morgan fingerprint density at radius 1 is 1.27 bits per heavy atom. The van der Waals surface area contributed by atoms with Crippen molar-refractivity contribution in [2.45, 2.75) is 45.1 Å². The molecule has 0 saturated heterocycles. The van der Waals surface area contributed by atoms with Crippen LogP contribution in [-0.4, -0.2) is 35.5 Å². The highest BCUT2D eigenvalue weighted by Gasteiger charge is 2.17. The third-order valence-corrected chi connectivity index (χ3v) is 4.40. The lowest BCUT2D eigenvalue weighted by molar-refractivity contribution is -0.133. The highest BCUT2D eigenvalue weighted by Crippen LogP contribution is 2.13. The molecule has 0 aromatic carbocycles. The van der Waals surface area contributed by atoms with Crippen LogP contribution in [0.4, 0.5) is 0 Å². The van der Waals surface area contributed by atoms with Crippen LogP contribution < -0.4 is 0 Å². The van der Waals surface area contributed by atoms with Gasteiger partial charge in [-0.15, -0.1) is 11.3 Å². The number of hydrogen-bond acceptors (Lipinski definition) is 5. The molecule has 0 fully saturated rings. The molecule has 1 aromatic heterocycles. The number of thiophene rings is 1. The summed E-state index contributed by atoms with van der Waals surface area (Å²) >= 11 is 1.36. The minimum atomic E-state index is -0.159. The largest absolute Gasteiger partial charge is 0.342 e. The van der Waals surface area contributed by atoms with Gasteiger partial charge in [-0.25, -0.2) is 0 Å². The number of nitrogens with zero attached hydrogens (tertiary/aromatic N) is 2. The normalized spacial score (nSPS) is 11.5. The molecule has 0 aliphatic carbocycles. The van der Waals surface area contributed by atoms with E-state index in [-0.39, 0.29) is 55.6 Å². The Hall–Kier alpha value is -2.00. The third-order valence-electron chi connectivity index (χ3n) is 3.49. The monoisotopic (exact) mass is 320 g/mol. The topological polar surface area (TPSA) is 78.2 Å². The standard InChI is InChI=1S/C16H20N2O3S/c1-12(9-10-17)18(2)16(21)8-6-13(19)5-7-14(20)15-4-3-11-22-15/h3-4,11-12H,5-9H2,1-2H3. The quantitative estimate of drug-likeness (QED) is 0.655. The van der Waals surface area contributed by atoms with Gasteiger partial charge in [0.25, 0.3) is 0 Å². The van der Waals surface area contributed by atoms with Gasteiger partial charge in [-0.1, -0.05) is 6.07 Å². The van der Waals surface area contributed by atoms with Crippen molar-refractivity contribution in [3.8, 4) is 6.07 Å². The highest BCUT2D eigenvalue weighted by atomic mass is 32.1. The Labute approximate surface area is 134 Å². The summed E-state index contributed by atoms with van der Waals surface area (Å²) in [5.74, 6) is -0.269. The van der Waals surface area contributed by atoms with Gasteiger partial charge in [-0.05, 0) is 18.4 Å². The molecular weight excluding hydrogens is 300 g/mol.